The van der Waals surface area contributed by atoms with E-state index in [1.165, 1.54) is 0 Å². The van der Waals surface area contributed by atoms with Gasteiger partial charge in [0.2, 0.25) is 0 Å². The van der Waals surface area contributed by atoms with E-state index in [1.807, 2.05) is 17.7 Å². The van der Waals surface area contributed by atoms with E-state index in [0.29, 0.717) is 0 Å². The molecule has 0 N–H and O–H groups in total. The van der Waals surface area contributed by atoms with Crippen molar-refractivity contribution in [3.8, 4) is 0 Å². The highest BCUT2D eigenvalue weighted by Gasteiger charge is 2.09. The van der Waals surface area contributed by atoms with Crippen molar-refractivity contribution in [1.82, 2.24) is 5.06 Å². The van der Waals surface area contributed by atoms with Crippen LogP contribution in [-0.4, -0.2) is 18.2 Å². The summed E-state index contributed by atoms with van der Waals surface area (Å²) in [7, 11) is 0. The molecule has 1 rings (SSSR count). The van der Waals surface area contributed by atoms with Crippen LogP contribution in [0.1, 0.15) is 6.42 Å². The summed E-state index contributed by atoms with van der Waals surface area (Å²) in [5.74, 6) is 0. The van der Waals surface area contributed by atoms with Gasteiger partial charge in [0.15, 0.2) is 0 Å². The summed E-state index contributed by atoms with van der Waals surface area (Å²) in [6, 6.07) is 0. The molecule has 0 bridgehead atoms. The zero-order chi connectivity index (χ0) is 5.82. The topological polar surface area (TPSA) is 12.5 Å². The van der Waals surface area contributed by atoms with Gasteiger partial charge in [0, 0.05) is 13.1 Å². The third-order valence-electron chi connectivity index (χ3n) is 1.05. The number of rotatable bonds is 2. The molecule has 1 aliphatic rings. The van der Waals surface area contributed by atoms with E-state index in [2.05, 4.69) is 6.58 Å². The Labute approximate surface area is 49.7 Å². The van der Waals surface area contributed by atoms with Gasteiger partial charge in [-0.2, -0.15) is 5.06 Å². The van der Waals surface area contributed by atoms with E-state index >= 15 is 0 Å². The fraction of sp³-hybridized carbons (Fsp3) is 0.500. The number of hydrogen-bond acceptors (Lipinski definition) is 2. The Kier molecular flexibility index (Phi) is 2.06. The Balaban J connectivity index is 2.14. The monoisotopic (exact) mass is 112 g/mol. The molecule has 2 nitrogen and oxygen atoms in total. The smallest absolute Gasteiger partial charge is 0.109 e. The van der Waals surface area contributed by atoms with Gasteiger partial charge in [-0.1, -0.05) is 6.08 Å². The minimum Gasteiger partial charge on any atom is -0.293 e. The Morgan fingerprint density at radius 1 is 1.88 bits per heavy atom. The molecule has 1 fully saturated rings. The highest BCUT2D eigenvalue weighted by molar-refractivity contribution is 4.72. The lowest BCUT2D eigenvalue weighted by Gasteiger charge is -2.08. The molecule has 0 saturated carbocycles. The molecule has 8 heavy (non-hydrogen) atoms. The standard InChI is InChI=1S/C6H10NO/c1-2-4-7-5-3-6-8-7/h2,6H,1,3-5H2. The molecule has 1 heterocycles. The molecule has 0 unspecified atom stereocenters. The molecule has 45 valence electrons. The van der Waals surface area contributed by atoms with Crippen molar-refractivity contribution in [3.05, 3.63) is 19.3 Å². The molecule has 1 radical (unpaired) electrons. The van der Waals surface area contributed by atoms with Crippen molar-refractivity contribution < 1.29 is 4.84 Å². The largest absolute Gasteiger partial charge is 0.293 e. The van der Waals surface area contributed by atoms with Crippen LogP contribution in [0.15, 0.2) is 12.7 Å². The average Bonchev–Trinajstić information content (AvgIpc) is 2.19. The van der Waals surface area contributed by atoms with Gasteiger partial charge in [-0.3, -0.25) is 4.84 Å². The minimum absolute atomic E-state index is 0.830. The summed E-state index contributed by atoms with van der Waals surface area (Å²) in [4.78, 5) is 5.03. The molecule has 1 saturated heterocycles. The van der Waals surface area contributed by atoms with E-state index in [9.17, 15) is 0 Å². The molecule has 0 aliphatic carbocycles. The molecule has 0 amide bonds. The summed E-state index contributed by atoms with van der Waals surface area (Å²) in [6.45, 7) is 7.23. The molecule has 0 aromatic heterocycles. The van der Waals surface area contributed by atoms with E-state index < -0.39 is 0 Å². The van der Waals surface area contributed by atoms with Crippen LogP contribution in [-0.2, 0) is 4.84 Å². The predicted molar refractivity (Wildman–Crippen MR) is 31.8 cm³/mol. The van der Waals surface area contributed by atoms with Crippen LogP contribution in [0.25, 0.3) is 0 Å². The van der Waals surface area contributed by atoms with Crippen molar-refractivity contribution >= 4 is 0 Å². The van der Waals surface area contributed by atoms with E-state index in [0.717, 1.165) is 19.5 Å². The van der Waals surface area contributed by atoms with Gasteiger partial charge in [-0.25, -0.2) is 0 Å². The van der Waals surface area contributed by atoms with E-state index in [1.54, 1.807) is 0 Å². The molecule has 0 spiro atoms. The van der Waals surface area contributed by atoms with Gasteiger partial charge < -0.3 is 0 Å². The highest BCUT2D eigenvalue weighted by atomic mass is 16.7. The number of hydrogen-bond donors (Lipinski definition) is 0. The van der Waals surface area contributed by atoms with E-state index in [-0.39, 0.29) is 0 Å². The molecular formula is C6H10NO. The van der Waals surface area contributed by atoms with Crippen LogP contribution in [0, 0.1) is 6.61 Å². The maximum Gasteiger partial charge on any atom is 0.109 e. The molecular weight excluding hydrogens is 102 g/mol. The maximum atomic E-state index is 5.03. The van der Waals surface area contributed by atoms with Crippen molar-refractivity contribution in [3.63, 3.8) is 0 Å². The van der Waals surface area contributed by atoms with Crippen molar-refractivity contribution in [1.29, 1.82) is 0 Å². The Bertz CT molecular complexity index is 76.6. The number of hydroxylamine groups is 2. The van der Waals surface area contributed by atoms with Gasteiger partial charge in [-0.15, -0.1) is 6.58 Å². The normalized spacial score (nSPS) is 21.5. The van der Waals surface area contributed by atoms with Gasteiger partial charge in [0.05, 0.1) is 0 Å². The summed E-state index contributed by atoms with van der Waals surface area (Å²) in [6.07, 6.45) is 2.87. The lowest BCUT2D eigenvalue weighted by molar-refractivity contribution is -0.0736. The Morgan fingerprint density at radius 3 is 3.25 bits per heavy atom. The third kappa shape index (κ3) is 1.32. The SMILES string of the molecule is C=CCN1CC[CH]O1. The molecule has 0 aromatic carbocycles. The van der Waals surface area contributed by atoms with Crippen molar-refractivity contribution in [2.24, 2.45) is 0 Å². The second-order valence-corrected chi connectivity index (χ2v) is 1.74. The van der Waals surface area contributed by atoms with Gasteiger partial charge in [0.25, 0.3) is 0 Å². The summed E-state index contributed by atoms with van der Waals surface area (Å²) in [5, 5.41) is 1.87. The maximum absolute atomic E-state index is 5.03. The lowest BCUT2D eigenvalue weighted by atomic mass is 10.5. The van der Waals surface area contributed by atoms with Crippen LogP contribution in [0.4, 0.5) is 0 Å². The fourth-order valence-corrected chi connectivity index (χ4v) is 0.686. The first-order valence-corrected chi connectivity index (χ1v) is 2.78. The van der Waals surface area contributed by atoms with Crippen LogP contribution < -0.4 is 0 Å². The first kappa shape index (κ1) is 5.79. The van der Waals surface area contributed by atoms with Crippen molar-refractivity contribution in [2.45, 2.75) is 6.42 Å². The molecule has 1 aliphatic heterocycles. The average molecular weight is 112 g/mol. The summed E-state index contributed by atoms with van der Waals surface area (Å²) in [5.41, 5.74) is 0. The highest BCUT2D eigenvalue weighted by Crippen LogP contribution is 2.06. The van der Waals surface area contributed by atoms with Crippen LogP contribution in [0.3, 0.4) is 0 Å². The van der Waals surface area contributed by atoms with Crippen molar-refractivity contribution in [2.75, 3.05) is 13.1 Å². The lowest BCUT2D eigenvalue weighted by Crippen LogP contribution is -2.16. The molecule has 0 atom stereocenters. The quantitative estimate of drug-likeness (QED) is 0.493. The summed E-state index contributed by atoms with van der Waals surface area (Å²) >= 11 is 0. The molecule has 0 aromatic rings. The van der Waals surface area contributed by atoms with Gasteiger partial charge >= 0.3 is 0 Å². The first-order valence-electron chi connectivity index (χ1n) is 2.78. The van der Waals surface area contributed by atoms with E-state index in [4.69, 9.17) is 4.84 Å². The fourth-order valence-electron chi connectivity index (χ4n) is 0.686. The third-order valence-corrected chi connectivity index (χ3v) is 1.05. The zero-order valence-electron chi connectivity index (χ0n) is 4.84. The van der Waals surface area contributed by atoms with Crippen LogP contribution in [0.2, 0.25) is 0 Å². The zero-order valence-corrected chi connectivity index (χ0v) is 4.84. The summed E-state index contributed by atoms with van der Waals surface area (Å²) < 4.78 is 0. The second-order valence-electron chi connectivity index (χ2n) is 1.74. The minimum atomic E-state index is 0.830. The predicted octanol–water partition coefficient (Wildman–Crippen LogP) is 0.971. The first-order chi connectivity index (χ1) is 3.93. The van der Waals surface area contributed by atoms with Gasteiger partial charge in [-0.05, 0) is 6.42 Å². The van der Waals surface area contributed by atoms with Crippen LogP contribution in [0.5, 0.6) is 0 Å². The van der Waals surface area contributed by atoms with Crippen LogP contribution >= 0.6 is 0 Å². The Hall–Kier alpha value is -0.340. The molecule has 2 heteroatoms. The Morgan fingerprint density at radius 2 is 2.75 bits per heavy atom. The van der Waals surface area contributed by atoms with Gasteiger partial charge in [0.1, 0.15) is 6.61 Å². The number of nitrogens with zero attached hydrogens (tertiary/aromatic N) is 1. The second kappa shape index (κ2) is 2.84.